The van der Waals surface area contributed by atoms with E-state index >= 15 is 0 Å². The average Bonchev–Trinajstić information content (AvgIpc) is 2.39. The molecule has 1 aromatic heterocycles. The molecule has 1 fully saturated rings. The fourth-order valence-corrected chi connectivity index (χ4v) is 2.50. The fourth-order valence-electron chi connectivity index (χ4n) is 1.83. The molecule has 0 aliphatic carbocycles. The third kappa shape index (κ3) is 3.76. The number of morpholine rings is 1. The molecule has 106 valence electrons. The van der Waals surface area contributed by atoms with E-state index in [9.17, 15) is 13.2 Å². The first kappa shape index (κ1) is 14.5. The van der Waals surface area contributed by atoms with E-state index in [1.54, 1.807) is 0 Å². The van der Waals surface area contributed by atoms with Gasteiger partial charge in [-0.3, -0.25) is 0 Å². The third-order valence-electron chi connectivity index (χ3n) is 2.74. The molecule has 1 aliphatic heterocycles. The minimum atomic E-state index is -4.34. The number of aromatic nitrogens is 1. The Bertz CT molecular complexity index is 433. The first-order chi connectivity index (χ1) is 9.00. The largest absolute Gasteiger partial charge is 0.416 e. The molecule has 19 heavy (non-hydrogen) atoms. The predicted molar refractivity (Wildman–Crippen MR) is 68.7 cm³/mol. The Morgan fingerprint density at radius 1 is 1.32 bits per heavy atom. The van der Waals surface area contributed by atoms with Crippen molar-refractivity contribution in [2.45, 2.75) is 18.1 Å². The Hall–Kier alpha value is -0.950. The van der Waals surface area contributed by atoms with Gasteiger partial charge in [-0.1, -0.05) is 6.92 Å². The van der Waals surface area contributed by atoms with Crippen LogP contribution in [0.15, 0.2) is 17.2 Å². The van der Waals surface area contributed by atoms with Crippen molar-refractivity contribution in [3.05, 3.63) is 17.7 Å². The molecule has 0 saturated carbocycles. The van der Waals surface area contributed by atoms with Gasteiger partial charge in [0.15, 0.2) is 0 Å². The number of ether oxygens (including phenoxy) is 1. The van der Waals surface area contributed by atoms with Crippen molar-refractivity contribution >= 4 is 17.6 Å². The second-order valence-electron chi connectivity index (χ2n) is 4.08. The molecule has 0 radical (unpaired) electrons. The minimum Gasteiger partial charge on any atom is -0.378 e. The Labute approximate surface area is 114 Å². The van der Waals surface area contributed by atoms with Crippen LogP contribution < -0.4 is 4.90 Å². The molecule has 7 heteroatoms. The second kappa shape index (κ2) is 6.00. The summed E-state index contributed by atoms with van der Waals surface area (Å²) in [5.41, 5.74) is -0.639. The molecule has 1 aromatic rings. The van der Waals surface area contributed by atoms with Crippen LogP contribution >= 0.6 is 11.8 Å². The van der Waals surface area contributed by atoms with Gasteiger partial charge < -0.3 is 9.64 Å². The summed E-state index contributed by atoms with van der Waals surface area (Å²) < 4.78 is 43.8. The van der Waals surface area contributed by atoms with Crippen molar-refractivity contribution in [3.8, 4) is 0 Å². The maximum absolute atomic E-state index is 12.9. The number of nitrogens with zero attached hydrogens (tertiary/aromatic N) is 2. The van der Waals surface area contributed by atoms with Gasteiger partial charge in [0.1, 0.15) is 5.82 Å². The number of thioether (sulfide) groups is 1. The maximum atomic E-state index is 12.9. The zero-order chi connectivity index (χ0) is 13.9. The van der Waals surface area contributed by atoms with Crippen molar-refractivity contribution in [2.24, 2.45) is 0 Å². The van der Waals surface area contributed by atoms with Crippen molar-refractivity contribution in [1.82, 2.24) is 4.98 Å². The molecule has 2 rings (SSSR count). The van der Waals surface area contributed by atoms with E-state index in [-0.39, 0.29) is 0 Å². The Morgan fingerprint density at radius 3 is 2.58 bits per heavy atom. The molecule has 1 saturated heterocycles. The van der Waals surface area contributed by atoms with Crippen LogP contribution in [-0.4, -0.2) is 37.0 Å². The lowest BCUT2D eigenvalue weighted by Crippen LogP contribution is -2.37. The van der Waals surface area contributed by atoms with Gasteiger partial charge in [0, 0.05) is 13.1 Å². The molecule has 0 amide bonds. The lowest BCUT2D eigenvalue weighted by atomic mass is 10.2. The van der Waals surface area contributed by atoms with Crippen molar-refractivity contribution in [1.29, 1.82) is 0 Å². The number of halogens is 3. The topological polar surface area (TPSA) is 25.4 Å². The van der Waals surface area contributed by atoms with Gasteiger partial charge in [-0.15, -0.1) is 11.8 Å². The highest BCUT2D eigenvalue weighted by Gasteiger charge is 2.32. The normalized spacial score (nSPS) is 16.7. The molecule has 1 aliphatic rings. The average molecular weight is 292 g/mol. The maximum Gasteiger partial charge on any atom is 0.416 e. The summed E-state index contributed by atoms with van der Waals surface area (Å²) in [5.74, 6) is 1.07. The smallest absolute Gasteiger partial charge is 0.378 e. The van der Waals surface area contributed by atoms with Crippen LogP contribution in [0.3, 0.4) is 0 Å². The molecule has 3 nitrogen and oxygen atoms in total. The molecule has 0 unspecified atom stereocenters. The zero-order valence-electron chi connectivity index (χ0n) is 10.5. The highest BCUT2D eigenvalue weighted by Crippen LogP contribution is 2.34. The number of pyridine rings is 1. The van der Waals surface area contributed by atoms with Crippen molar-refractivity contribution in [3.63, 3.8) is 0 Å². The van der Waals surface area contributed by atoms with Crippen molar-refractivity contribution in [2.75, 3.05) is 37.0 Å². The molecule has 0 atom stereocenters. The van der Waals surface area contributed by atoms with Crippen LogP contribution in [0.1, 0.15) is 12.5 Å². The van der Waals surface area contributed by atoms with Gasteiger partial charge >= 0.3 is 6.18 Å². The SMILES string of the molecule is CCSc1cc(C(F)(F)F)cc(N2CCOCC2)n1. The number of anilines is 1. The van der Waals surface area contributed by atoms with Gasteiger partial charge in [-0.05, 0) is 17.9 Å². The standard InChI is InChI=1S/C12H15F3N2OS/c1-2-19-11-8-9(12(13,14)15)7-10(16-11)17-3-5-18-6-4-17/h7-8H,2-6H2,1H3. The van der Waals surface area contributed by atoms with Crippen LogP contribution in [-0.2, 0) is 10.9 Å². The third-order valence-corrected chi connectivity index (χ3v) is 3.54. The van der Waals surface area contributed by atoms with Gasteiger partial charge in [-0.25, -0.2) is 4.98 Å². The van der Waals surface area contributed by atoms with Gasteiger partial charge in [0.2, 0.25) is 0 Å². The van der Waals surface area contributed by atoms with Crippen LogP contribution in [0.25, 0.3) is 0 Å². The highest BCUT2D eigenvalue weighted by atomic mass is 32.2. The van der Waals surface area contributed by atoms with Crippen LogP contribution in [0.2, 0.25) is 0 Å². The molecule has 0 N–H and O–H groups in total. The zero-order valence-corrected chi connectivity index (χ0v) is 11.4. The summed E-state index contributed by atoms with van der Waals surface area (Å²) in [6, 6.07) is 2.23. The lowest BCUT2D eigenvalue weighted by molar-refractivity contribution is -0.137. The monoisotopic (exact) mass is 292 g/mol. The fraction of sp³-hybridized carbons (Fsp3) is 0.583. The Morgan fingerprint density at radius 2 is 2.00 bits per heavy atom. The Balaban J connectivity index is 2.33. The van der Waals surface area contributed by atoms with E-state index < -0.39 is 11.7 Å². The van der Waals surface area contributed by atoms with E-state index in [0.29, 0.717) is 42.9 Å². The number of alkyl halides is 3. The number of hydrogen-bond acceptors (Lipinski definition) is 4. The molecule has 0 spiro atoms. The first-order valence-corrected chi connectivity index (χ1v) is 7.04. The molecular weight excluding hydrogens is 277 g/mol. The van der Waals surface area contributed by atoms with E-state index in [1.165, 1.54) is 11.8 Å². The molecule has 0 aromatic carbocycles. The molecule has 2 heterocycles. The quantitative estimate of drug-likeness (QED) is 0.800. The second-order valence-corrected chi connectivity index (χ2v) is 5.37. The molecular formula is C12H15F3N2OS. The Kier molecular flexibility index (Phi) is 4.57. The number of hydrogen-bond donors (Lipinski definition) is 0. The summed E-state index contributed by atoms with van der Waals surface area (Å²) in [5, 5.41) is 0.416. The summed E-state index contributed by atoms with van der Waals surface area (Å²) in [6.45, 7) is 4.08. The summed E-state index contributed by atoms with van der Waals surface area (Å²) in [4.78, 5) is 6.13. The summed E-state index contributed by atoms with van der Waals surface area (Å²) in [7, 11) is 0. The van der Waals surface area contributed by atoms with Crippen LogP contribution in [0.5, 0.6) is 0 Å². The minimum absolute atomic E-state index is 0.383. The predicted octanol–water partition coefficient (Wildman–Crippen LogP) is 3.05. The first-order valence-electron chi connectivity index (χ1n) is 6.05. The lowest BCUT2D eigenvalue weighted by Gasteiger charge is -2.28. The van der Waals surface area contributed by atoms with Gasteiger partial charge in [-0.2, -0.15) is 13.2 Å². The van der Waals surface area contributed by atoms with E-state index in [0.717, 1.165) is 12.1 Å². The van der Waals surface area contributed by atoms with Crippen LogP contribution in [0, 0.1) is 0 Å². The molecule has 0 bridgehead atoms. The van der Waals surface area contributed by atoms with E-state index in [2.05, 4.69) is 4.98 Å². The summed E-state index contributed by atoms with van der Waals surface area (Å²) >= 11 is 1.31. The number of rotatable bonds is 3. The van der Waals surface area contributed by atoms with E-state index in [4.69, 9.17) is 4.74 Å². The van der Waals surface area contributed by atoms with E-state index in [1.807, 2.05) is 11.8 Å². The van der Waals surface area contributed by atoms with Crippen molar-refractivity contribution < 1.29 is 17.9 Å². The van der Waals surface area contributed by atoms with Crippen LogP contribution in [0.4, 0.5) is 19.0 Å². The summed E-state index contributed by atoms with van der Waals surface area (Å²) in [6.07, 6.45) is -4.34. The highest BCUT2D eigenvalue weighted by molar-refractivity contribution is 7.99. The van der Waals surface area contributed by atoms with Gasteiger partial charge in [0.25, 0.3) is 0 Å². The van der Waals surface area contributed by atoms with Gasteiger partial charge in [0.05, 0.1) is 23.8 Å².